The molecule has 0 aromatic heterocycles. The third kappa shape index (κ3) is 2.19. The van der Waals surface area contributed by atoms with E-state index in [0.29, 0.717) is 25.0 Å². The van der Waals surface area contributed by atoms with E-state index in [1.807, 2.05) is 0 Å². The molecular weight excluding hydrogens is 220 g/mol. The van der Waals surface area contributed by atoms with Gasteiger partial charge in [-0.15, -0.1) is 0 Å². The van der Waals surface area contributed by atoms with Crippen molar-refractivity contribution in [2.24, 2.45) is 17.8 Å². The average Bonchev–Trinajstić information content (AvgIpc) is 2.87. The summed E-state index contributed by atoms with van der Waals surface area (Å²) in [5, 5.41) is 4.93. The molecule has 0 saturated carbocycles. The smallest absolute Gasteiger partial charge is 0.251 e. The molecule has 3 heterocycles. The highest BCUT2D eigenvalue weighted by molar-refractivity contribution is 5.78. The number of hydroxylamine groups is 2. The fraction of sp³-hybridized carbons (Fsp3) is 0.917. The summed E-state index contributed by atoms with van der Waals surface area (Å²) in [6.45, 7) is 4.68. The fourth-order valence-corrected chi connectivity index (χ4v) is 3.09. The van der Waals surface area contributed by atoms with Crippen molar-refractivity contribution < 1.29 is 14.4 Å². The molecule has 3 aliphatic rings. The van der Waals surface area contributed by atoms with E-state index >= 15 is 0 Å². The fourth-order valence-electron chi connectivity index (χ4n) is 3.09. The molecule has 3 atom stereocenters. The summed E-state index contributed by atoms with van der Waals surface area (Å²) in [5.74, 6) is 1.05. The Balaban J connectivity index is 1.67. The van der Waals surface area contributed by atoms with Crippen molar-refractivity contribution in [2.75, 3.05) is 39.5 Å². The first-order chi connectivity index (χ1) is 8.36. The highest BCUT2D eigenvalue weighted by atomic mass is 16.7. The third-order valence-corrected chi connectivity index (χ3v) is 4.10. The quantitative estimate of drug-likeness (QED) is 0.702. The topological polar surface area (TPSA) is 50.8 Å². The lowest BCUT2D eigenvalue weighted by Gasteiger charge is -2.36. The van der Waals surface area contributed by atoms with E-state index in [-0.39, 0.29) is 11.8 Å². The number of fused-ring (bicyclic) bond motifs is 1. The van der Waals surface area contributed by atoms with Crippen LogP contribution in [-0.2, 0) is 14.4 Å². The first-order valence-electron chi connectivity index (χ1n) is 6.59. The number of hydrogen-bond donors (Lipinski definition) is 1. The molecule has 3 aliphatic heterocycles. The van der Waals surface area contributed by atoms with Crippen LogP contribution >= 0.6 is 0 Å². The summed E-state index contributed by atoms with van der Waals surface area (Å²) >= 11 is 0. The SMILES string of the molecule is O=C([C@H]1COC[C@H]2CNC[C@H]21)N1CCCCO1. The van der Waals surface area contributed by atoms with Gasteiger partial charge in [0.15, 0.2) is 0 Å². The molecule has 3 rings (SSSR count). The largest absolute Gasteiger partial charge is 0.380 e. The van der Waals surface area contributed by atoms with E-state index < -0.39 is 0 Å². The molecule has 17 heavy (non-hydrogen) atoms. The predicted molar refractivity (Wildman–Crippen MR) is 61.1 cm³/mol. The van der Waals surface area contributed by atoms with E-state index in [9.17, 15) is 4.79 Å². The van der Waals surface area contributed by atoms with Crippen LogP contribution in [0.5, 0.6) is 0 Å². The van der Waals surface area contributed by atoms with Crippen LogP contribution in [0.15, 0.2) is 0 Å². The highest BCUT2D eigenvalue weighted by Crippen LogP contribution is 2.31. The number of carbonyl (C=O) groups excluding carboxylic acids is 1. The zero-order valence-corrected chi connectivity index (χ0v) is 10.1. The molecule has 0 aliphatic carbocycles. The van der Waals surface area contributed by atoms with Gasteiger partial charge in [0.05, 0.1) is 25.7 Å². The first-order valence-corrected chi connectivity index (χ1v) is 6.59. The Morgan fingerprint density at radius 2 is 2.18 bits per heavy atom. The summed E-state index contributed by atoms with van der Waals surface area (Å²) in [7, 11) is 0. The minimum atomic E-state index is -0.0122. The number of rotatable bonds is 1. The molecule has 96 valence electrons. The van der Waals surface area contributed by atoms with Crippen LogP contribution in [0.25, 0.3) is 0 Å². The molecule has 3 fully saturated rings. The highest BCUT2D eigenvalue weighted by Gasteiger charge is 2.42. The number of nitrogens with one attached hydrogen (secondary N) is 1. The molecule has 1 amide bonds. The van der Waals surface area contributed by atoms with Crippen molar-refractivity contribution in [3.8, 4) is 0 Å². The molecule has 0 radical (unpaired) electrons. The summed E-state index contributed by atoms with van der Waals surface area (Å²) < 4.78 is 5.56. The van der Waals surface area contributed by atoms with Gasteiger partial charge < -0.3 is 10.1 Å². The Hall–Kier alpha value is -0.650. The van der Waals surface area contributed by atoms with Gasteiger partial charge in [-0.2, -0.15) is 0 Å². The monoisotopic (exact) mass is 240 g/mol. The van der Waals surface area contributed by atoms with Gasteiger partial charge >= 0.3 is 0 Å². The van der Waals surface area contributed by atoms with Crippen LogP contribution in [0, 0.1) is 17.8 Å². The Morgan fingerprint density at radius 3 is 3.00 bits per heavy atom. The average molecular weight is 240 g/mol. The molecule has 1 N–H and O–H groups in total. The van der Waals surface area contributed by atoms with E-state index in [2.05, 4.69) is 5.32 Å². The van der Waals surface area contributed by atoms with Crippen LogP contribution in [0.2, 0.25) is 0 Å². The molecule has 3 saturated heterocycles. The van der Waals surface area contributed by atoms with Gasteiger partial charge in [0.2, 0.25) is 0 Å². The zero-order chi connectivity index (χ0) is 11.7. The van der Waals surface area contributed by atoms with Gasteiger partial charge in [0.1, 0.15) is 0 Å². The molecule has 0 spiro atoms. The number of hydrogen-bond acceptors (Lipinski definition) is 4. The first kappa shape index (κ1) is 11.4. The van der Waals surface area contributed by atoms with Crippen molar-refractivity contribution in [1.29, 1.82) is 0 Å². The van der Waals surface area contributed by atoms with Gasteiger partial charge in [-0.05, 0) is 31.2 Å². The standard InChI is InChI=1S/C12H20N2O3/c15-12(14-3-1-2-4-17-14)11-8-16-7-9-5-13-6-10(9)11/h9-11,13H,1-8H2/t9-,10-,11+/m1/s1. The Kier molecular flexibility index (Phi) is 3.31. The molecular formula is C12H20N2O3. The van der Waals surface area contributed by atoms with Gasteiger partial charge in [-0.25, -0.2) is 5.06 Å². The van der Waals surface area contributed by atoms with E-state index in [0.717, 1.165) is 39.1 Å². The third-order valence-electron chi connectivity index (χ3n) is 4.10. The lowest BCUT2D eigenvalue weighted by molar-refractivity contribution is -0.207. The maximum Gasteiger partial charge on any atom is 0.251 e. The molecule has 5 heteroatoms. The van der Waals surface area contributed by atoms with Crippen LogP contribution in [0.4, 0.5) is 0 Å². The van der Waals surface area contributed by atoms with Gasteiger partial charge in [0, 0.05) is 13.1 Å². The number of carbonyl (C=O) groups is 1. The lowest BCUT2D eigenvalue weighted by Crippen LogP contribution is -2.47. The number of amides is 1. The minimum Gasteiger partial charge on any atom is -0.380 e. The van der Waals surface area contributed by atoms with Crippen LogP contribution < -0.4 is 5.32 Å². The van der Waals surface area contributed by atoms with Gasteiger partial charge in [-0.1, -0.05) is 0 Å². The van der Waals surface area contributed by atoms with Gasteiger partial charge in [0.25, 0.3) is 5.91 Å². The molecule has 0 aromatic carbocycles. The molecule has 0 unspecified atom stereocenters. The Bertz CT molecular complexity index is 291. The van der Waals surface area contributed by atoms with Crippen LogP contribution in [-0.4, -0.2) is 50.4 Å². The van der Waals surface area contributed by atoms with E-state index in [4.69, 9.17) is 9.57 Å². The molecule has 0 bridgehead atoms. The van der Waals surface area contributed by atoms with E-state index in [1.165, 1.54) is 0 Å². The second kappa shape index (κ2) is 4.92. The van der Waals surface area contributed by atoms with Crippen molar-refractivity contribution in [3.63, 3.8) is 0 Å². The summed E-state index contributed by atoms with van der Waals surface area (Å²) in [6.07, 6.45) is 2.10. The summed E-state index contributed by atoms with van der Waals surface area (Å²) in [6, 6.07) is 0. The summed E-state index contributed by atoms with van der Waals surface area (Å²) in [5.41, 5.74) is 0. The lowest BCUT2D eigenvalue weighted by atomic mass is 9.82. The van der Waals surface area contributed by atoms with Crippen molar-refractivity contribution >= 4 is 5.91 Å². The van der Waals surface area contributed by atoms with E-state index in [1.54, 1.807) is 5.06 Å². The molecule has 5 nitrogen and oxygen atoms in total. The Morgan fingerprint density at radius 1 is 1.24 bits per heavy atom. The van der Waals surface area contributed by atoms with Crippen molar-refractivity contribution in [2.45, 2.75) is 12.8 Å². The second-order valence-corrected chi connectivity index (χ2v) is 5.21. The second-order valence-electron chi connectivity index (χ2n) is 5.21. The van der Waals surface area contributed by atoms with Crippen molar-refractivity contribution in [1.82, 2.24) is 10.4 Å². The predicted octanol–water partition coefficient (Wildman–Crippen LogP) is 0.0224. The maximum absolute atomic E-state index is 12.4. The zero-order valence-electron chi connectivity index (χ0n) is 10.1. The van der Waals surface area contributed by atoms with Crippen LogP contribution in [0.1, 0.15) is 12.8 Å². The Labute approximate surface area is 101 Å². The van der Waals surface area contributed by atoms with Crippen molar-refractivity contribution in [3.05, 3.63) is 0 Å². The number of nitrogens with zero attached hydrogens (tertiary/aromatic N) is 1. The van der Waals surface area contributed by atoms with Gasteiger partial charge in [-0.3, -0.25) is 9.63 Å². The van der Waals surface area contributed by atoms with Crippen LogP contribution in [0.3, 0.4) is 0 Å². The normalized spacial score (nSPS) is 37.9. The maximum atomic E-state index is 12.4. The molecule has 0 aromatic rings. The minimum absolute atomic E-state index is 0.0122. The summed E-state index contributed by atoms with van der Waals surface area (Å²) in [4.78, 5) is 17.8. The number of ether oxygens (including phenoxy) is 1.